The fraction of sp³-hybridized carbons (Fsp3) is 1.00. The number of hydrogen-bond donors (Lipinski definition) is 0. The molecule has 0 saturated heterocycles. The Kier molecular flexibility index (Phi) is 1.62. The molecule has 0 N–H and O–H groups in total. The Morgan fingerprint density at radius 1 is 0.529 bits per heavy atom. The third-order valence-corrected chi connectivity index (χ3v) is 12.0. The van der Waals surface area contributed by atoms with Gasteiger partial charge in [-0.25, -0.2) is 0 Å². The van der Waals surface area contributed by atoms with E-state index in [9.17, 15) is 0 Å². The maximum atomic E-state index is 6.76. The van der Waals surface area contributed by atoms with Crippen molar-refractivity contribution in [2.24, 2.45) is 23.7 Å². The second-order valence-electron chi connectivity index (χ2n) is 5.97. The first-order valence-electron chi connectivity index (χ1n) is 5.42. The van der Waals surface area contributed by atoms with Crippen molar-refractivity contribution in [1.29, 1.82) is 0 Å². The first kappa shape index (κ1) is 11.7. The summed E-state index contributed by atoms with van der Waals surface area (Å²) in [5.74, 6) is 0.369. The molecular formula is C10H5Cl7. The van der Waals surface area contributed by atoms with Crippen LogP contribution in [0.25, 0.3) is 0 Å². The van der Waals surface area contributed by atoms with Crippen LogP contribution in [-0.4, -0.2) is 29.2 Å². The minimum absolute atomic E-state index is 0.0357. The molecule has 0 nitrogen and oxygen atoms in total. The highest BCUT2D eigenvalue weighted by Crippen LogP contribution is 3.03. The molecular weight excluding hydrogens is 368 g/mol. The van der Waals surface area contributed by atoms with Crippen LogP contribution in [0.1, 0.15) is 0 Å². The predicted molar refractivity (Wildman–Crippen MR) is 72.4 cm³/mol. The van der Waals surface area contributed by atoms with E-state index in [1.54, 1.807) is 0 Å². The number of alkyl halides is 7. The van der Waals surface area contributed by atoms with Crippen LogP contribution in [0.15, 0.2) is 0 Å². The SMILES string of the molecule is Cl[C@H]1[C@H]2[C@@H]3[C@H]4[C@@H]1[C@]1(Cl)C2(Cl)C3(Cl)[C@]4(Cl)C1(Cl)Cl. The Hall–Kier alpha value is 2.03. The van der Waals surface area contributed by atoms with Crippen LogP contribution in [0.5, 0.6) is 0 Å². The molecule has 6 fully saturated rings. The topological polar surface area (TPSA) is 0 Å². The summed E-state index contributed by atoms with van der Waals surface area (Å²) in [6.07, 6.45) is 0. The van der Waals surface area contributed by atoms with Gasteiger partial charge in [-0.05, 0) is 11.8 Å². The van der Waals surface area contributed by atoms with Gasteiger partial charge in [0.05, 0.1) is 9.75 Å². The molecule has 0 radical (unpaired) electrons. The largest absolute Gasteiger partial charge is 0.160 e. The van der Waals surface area contributed by atoms with E-state index in [-0.39, 0.29) is 29.0 Å². The lowest BCUT2D eigenvalue weighted by atomic mass is 9.39. The van der Waals surface area contributed by atoms with E-state index in [0.29, 0.717) is 0 Å². The molecule has 6 aliphatic carbocycles. The molecule has 94 valence electrons. The summed E-state index contributed by atoms with van der Waals surface area (Å²) < 4.78 is -1.32. The van der Waals surface area contributed by atoms with Gasteiger partial charge in [0, 0.05) is 17.2 Å². The van der Waals surface area contributed by atoms with Gasteiger partial charge in [0.1, 0.15) is 9.75 Å². The van der Waals surface area contributed by atoms with Crippen LogP contribution in [-0.2, 0) is 0 Å². The van der Waals surface area contributed by atoms with E-state index in [1.165, 1.54) is 0 Å². The van der Waals surface area contributed by atoms with E-state index in [1.807, 2.05) is 0 Å². The van der Waals surface area contributed by atoms with Gasteiger partial charge in [-0.2, -0.15) is 0 Å². The van der Waals surface area contributed by atoms with Gasteiger partial charge in [-0.15, -0.1) is 58.0 Å². The summed E-state index contributed by atoms with van der Waals surface area (Å²) in [5.41, 5.74) is 0. The van der Waals surface area contributed by atoms with E-state index in [4.69, 9.17) is 81.2 Å². The Morgan fingerprint density at radius 2 is 0.882 bits per heavy atom. The van der Waals surface area contributed by atoms with Crippen molar-refractivity contribution in [3.8, 4) is 0 Å². The average Bonchev–Trinajstić information content (AvgIpc) is 2.64. The van der Waals surface area contributed by atoms with Crippen molar-refractivity contribution in [1.82, 2.24) is 0 Å². The van der Waals surface area contributed by atoms with Gasteiger partial charge < -0.3 is 0 Å². The third-order valence-electron chi connectivity index (χ3n) is 6.19. The summed E-state index contributed by atoms with van der Waals surface area (Å²) in [4.78, 5) is -3.62. The van der Waals surface area contributed by atoms with E-state index in [0.717, 1.165) is 0 Å². The third kappa shape index (κ3) is 0.559. The van der Waals surface area contributed by atoms with Crippen LogP contribution in [0.2, 0.25) is 0 Å². The second-order valence-corrected chi connectivity index (χ2v) is 10.2. The Bertz CT molecular complexity index is 500. The quantitative estimate of drug-likeness (QED) is 0.558. The van der Waals surface area contributed by atoms with Crippen molar-refractivity contribution < 1.29 is 0 Å². The molecule has 0 aliphatic heterocycles. The molecule has 7 heteroatoms. The monoisotopic (exact) mass is 370 g/mol. The fourth-order valence-corrected chi connectivity index (χ4v) is 11.2. The number of hydrogen-bond acceptors (Lipinski definition) is 0. The van der Waals surface area contributed by atoms with Crippen LogP contribution < -0.4 is 0 Å². The van der Waals surface area contributed by atoms with Crippen molar-refractivity contribution in [3.63, 3.8) is 0 Å². The van der Waals surface area contributed by atoms with Crippen molar-refractivity contribution >= 4 is 81.2 Å². The molecule has 4 bridgehead atoms. The average molecular weight is 373 g/mol. The molecule has 0 amide bonds. The van der Waals surface area contributed by atoms with E-state index < -0.39 is 23.8 Å². The Balaban J connectivity index is 1.95. The highest BCUT2D eigenvalue weighted by atomic mass is 35.5. The number of halogens is 7. The highest BCUT2D eigenvalue weighted by molar-refractivity contribution is 6.66. The van der Waals surface area contributed by atoms with Crippen molar-refractivity contribution in [3.05, 3.63) is 0 Å². The van der Waals surface area contributed by atoms with E-state index >= 15 is 0 Å². The molecule has 9 atom stereocenters. The first-order chi connectivity index (χ1) is 7.65. The van der Waals surface area contributed by atoms with Crippen LogP contribution in [0.3, 0.4) is 0 Å². The maximum absolute atomic E-state index is 6.76. The molecule has 6 saturated carbocycles. The normalized spacial score (nSPS) is 83.8. The molecule has 0 aromatic rings. The molecule has 0 aromatic heterocycles. The summed E-state index contributed by atoms with van der Waals surface area (Å²) in [7, 11) is 0. The van der Waals surface area contributed by atoms with Gasteiger partial charge in [-0.1, -0.05) is 23.2 Å². The lowest BCUT2D eigenvalue weighted by Crippen LogP contribution is -2.88. The number of rotatable bonds is 0. The lowest BCUT2D eigenvalue weighted by Gasteiger charge is -2.76. The summed E-state index contributed by atoms with van der Waals surface area (Å²) >= 11 is 46.4. The van der Waals surface area contributed by atoms with Gasteiger partial charge in [-0.3, -0.25) is 0 Å². The van der Waals surface area contributed by atoms with Crippen molar-refractivity contribution in [2.75, 3.05) is 0 Å². The van der Waals surface area contributed by atoms with Gasteiger partial charge in [0.25, 0.3) is 0 Å². The molecule has 2 unspecified atom stereocenters. The zero-order valence-electron chi connectivity index (χ0n) is 8.03. The zero-order chi connectivity index (χ0) is 12.4. The summed E-state index contributed by atoms with van der Waals surface area (Å²) in [6, 6.07) is 0. The molecule has 6 aliphatic rings. The fourth-order valence-electron chi connectivity index (χ4n) is 5.92. The standard InChI is InChI=1S/C10H5Cl7/c11-5-3-1-2-4(5)9(15)7(3,13)6(1,12)8(2,14)10(9,16)17/h1-5H/t1-,2-,3+,4-,5-,6?,7?,8-,9-/m0/s1. The zero-order valence-corrected chi connectivity index (χ0v) is 13.3. The summed E-state index contributed by atoms with van der Waals surface area (Å²) in [5, 5.41) is -0.119. The lowest BCUT2D eigenvalue weighted by molar-refractivity contribution is -0.106. The minimum Gasteiger partial charge on any atom is -0.122 e. The van der Waals surface area contributed by atoms with Crippen molar-refractivity contribution in [2.45, 2.75) is 29.2 Å². The minimum atomic E-state index is -1.32. The maximum Gasteiger partial charge on any atom is 0.160 e. The predicted octanol–water partition coefficient (Wildman–Crippen LogP) is 4.21. The van der Waals surface area contributed by atoms with Crippen LogP contribution >= 0.6 is 81.2 Å². The molecule has 0 spiro atoms. The van der Waals surface area contributed by atoms with Crippen LogP contribution in [0.4, 0.5) is 0 Å². The highest BCUT2D eigenvalue weighted by Gasteiger charge is 3.14. The van der Waals surface area contributed by atoms with Gasteiger partial charge >= 0.3 is 0 Å². The molecule has 0 heterocycles. The molecule has 6 rings (SSSR count). The Labute approximate surface area is 133 Å². The second kappa shape index (κ2) is 2.36. The smallest absolute Gasteiger partial charge is 0.122 e. The van der Waals surface area contributed by atoms with Crippen LogP contribution in [0, 0.1) is 23.7 Å². The molecule has 17 heavy (non-hydrogen) atoms. The summed E-state index contributed by atoms with van der Waals surface area (Å²) in [6.45, 7) is 0. The molecule has 0 aromatic carbocycles. The van der Waals surface area contributed by atoms with Gasteiger partial charge in [0.2, 0.25) is 0 Å². The van der Waals surface area contributed by atoms with E-state index in [2.05, 4.69) is 0 Å². The van der Waals surface area contributed by atoms with Gasteiger partial charge in [0.15, 0.2) is 4.33 Å². The first-order valence-corrected chi connectivity index (χ1v) is 8.13. The Morgan fingerprint density at radius 3 is 1.41 bits per heavy atom.